The number of fused-ring (bicyclic) bond motifs is 1. The number of carbonyl (C=O) groups excluding carboxylic acids is 1. The molecule has 0 fully saturated rings. The van der Waals surface area contributed by atoms with E-state index in [1.807, 2.05) is 0 Å². The maximum Gasteiger partial charge on any atom is 0.256 e. The quantitative estimate of drug-likeness (QED) is 0.768. The summed E-state index contributed by atoms with van der Waals surface area (Å²) in [5.41, 5.74) is 2.40. The highest BCUT2D eigenvalue weighted by Gasteiger charge is 2.11. The Morgan fingerprint density at radius 2 is 1.81 bits per heavy atom. The van der Waals surface area contributed by atoms with E-state index < -0.39 is 5.82 Å². The normalized spacial score (nSPS) is 10.6. The van der Waals surface area contributed by atoms with Crippen molar-refractivity contribution in [1.29, 1.82) is 0 Å². The minimum Gasteiger partial charge on any atom is -0.322 e. The summed E-state index contributed by atoms with van der Waals surface area (Å²) in [6, 6.07) is 9.17. The van der Waals surface area contributed by atoms with Crippen LogP contribution in [-0.4, -0.2) is 15.9 Å². The monoisotopic (exact) mass is 345 g/mol. The van der Waals surface area contributed by atoms with Crippen molar-refractivity contribution < 1.29 is 9.18 Å². The van der Waals surface area contributed by atoms with Gasteiger partial charge in [0.25, 0.3) is 5.91 Å². The van der Waals surface area contributed by atoms with Crippen LogP contribution >= 0.6 is 15.9 Å². The highest BCUT2D eigenvalue weighted by molar-refractivity contribution is 9.10. The molecule has 104 valence electrons. The minimum absolute atomic E-state index is 0.329. The molecule has 6 heteroatoms. The largest absolute Gasteiger partial charge is 0.322 e. The fourth-order valence-corrected chi connectivity index (χ4v) is 2.44. The molecule has 1 amide bonds. The second-order valence-electron chi connectivity index (χ2n) is 4.34. The molecule has 0 saturated carbocycles. The van der Waals surface area contributed by atoms with Crippen LogP contribution in [-0.2, 0) is 0 Å². The van der Waals surface area contributed by atoms with Crippen molar-refractivity contribution in [1.82, 2.24) is 9.97 Å². The van der Waals surface area contributed by atoms with Crippen LogP contribution in [0, 0.1) is 5.82 Å². The summed E-state index contributed by atoms with van der Waals surface area (Å²) in [5.74, 6) is -0.732. The van der Waals surface area contributed by atoms with E-state index >= 15 is 0 Å². The molecule has 1 N–H and O–H groups in total. The zero-order valence-corrected chi connectivity index (χ0v) is 12.3. The minimum atomic E-state index is -0.403. The van der Waals surface area contributed by atoms with Crippen LogP contribution in [0.15, 0.2) is 53.3 Å². The molecule has 3 aromatic rings. The molecule has 0 aliphatic heterocycles. The van der Waals surface area contributed by atoms with Crippen molar-refractivity contribution in [3.05, 3.63) is 64.6 Å². The second-order valence-corrected chi connectivity index (χ2v) is 5.19. The fourth-order valence-electron chi connectivity index (χ4n) is 1.91. The summed E-state index contributed by atoms with van der Waals surface area (Å²) in [7, 11) is 0. The number of halogens is 2. The molecule has 0 saturated heterocycles. The summed E-state index contributed by atoms with van der Waals surface area (Å²) < 4.78 is 13.4. The first-order chi connectivity index (χ1) is 10.1. The predicted octanol–water partition coefficient (Wildman–Crippen LogP) is 3.78. The number of rotatable bonds is 2. The fraction of sp³-hybridized carbons (Fsp3) is 0. The highest BCUT2D eigenvalue weighted by Crippen LogP contribution is 2.21. The molecule has 0 atom stereocenters. The third kappa shape index (κ3) is 2.90. The van der Waals surface area contributed by atoms with E-state index in [1.165, 1.54) is 18.2 Å². The molecule has 0 unspecified atom stereocenters. The van der Waals surface area contributed by atoms with Crippen LogP contribution < -0.4 is 5.32 Å². The van der Waals surface area contributed by atoms with Gasteiger partial charge in [0.2, 0.25) is 0 Å². The Bertz CT molecular complexity index is 838. The second kappa shape index (κ2) is 5.57. The number of hydrogen-bond acceptors (Lipinski definition) is 3. The number of nitrogens with one attached hydrogen (secondary N) is 1. The number of benzene rings is 2. The molecule has 0 radical (unpaired) electrons. The summed E-state index contributed by atoms with van der Waals surface area (Å²) in [4.78, 5) is 20.5. The van der Waals surface area contributed by atoms with Crippen molar-refractivity contribution in [3.8, 4) is 0 Å². The summed E-state index contributed by atoms with van der Waals surface area (Å²) in [5, 5.41) is 2.75. The van der Waals surface area contributed by atoms with Gasteiger partial charge >= 0.3 is 0 Å². The smallest absolute Gasteiger partial charge is 0.256 e. The third-order valence-electron chi connectivity index (χ3n) is 2.90. The molecule has 0 aliphatic carbocycles. The Labute approximate surface area is 128 Å². The van der Waals surface area contributed by atoms with Gasteiger partial charge in [0.1, 0.15) is 5.82 Å². The van der Waals surface area contributed by atoms with Crippen LogP contribution in [0.3, 0.4) is 0 Å². The molecule has 21 heavy (non-hydrogen) atoms. The molecule has 0 bridgehead atoms. The van der Waals surface area contributed by atoms with E-state index in [2.05, 4.69) is 31.2 Å². The zero-order chi connectivity index (χ0) is 14.8. The third-order valence-corrected chi connectivity index (χ3v) is 3.56. The van der Waals surface area contributed by atoms with Crippen LogP contribution in [0.4, 0.5) is 10.1 Å². The Morgan fingerprint density at radius 1 is 1.05 bits per heavy atom. The molecular weight excluding hydrogens is 337 g/mol. The van der Waals surface area contributed by atoms with Gasteiger partial charge in [-0.05, 0) is 52.3 Å². The highest BCUT2D eigenvalue weighted by atomic mass is 79.9. The molecule has 1 aromatic heterocycles. The summed E-state index contributed by atoms with van der Waals surface area (Å²) in [6.07, 6.45) is 3.20. The van der Waals surface area contributed by atoms with Crippen LogP contribution in [0.5, 0.6) is 0 Å². The topological polar surface area (TPSA) is 54.9 Å². The van der Waals surface area contributed by atoms with Gasteiger partial charge in [-0.1, -0.05) is 0 Å². The summed E-state index contributed by atoms with van der Waals surface area (Å²) in [6.45, 7) is 0. The first kappa shape index (κ1) is 13.6. The number of hydrogen-bond donors (Lipinski definition) is 1. The number of amides is 1. The Hall–Kier alpha value is -2.34. The summed E-state index contributed by atoms with van der Waals surface area (Å²) >= 11 is 3.18. The average Bonchev–Trinajstić information content (AvgIpc) is 2.47. The van der Waals surface area contributed by atoms with Gasteiger partial charge < -0.3 is 5.32 Å². The lowest BCUT2D eigenvalue weighted by atomic mass is 10.2. The van der Waals surface area contributed by atoms with Gasteiger partial charge in [-0.3, -0.25) is 14.8 Å². The molecular formula is C15H9BrFN3O. The number of anilines is 1. The number of nitrogens with zero attached hydrogens (tertiary/aromatic N) is 2. The molecule has 2 aromatic carbocycles. The maximum absolute atomic E-state index is 13.0. The zero-order valence-electron chi connectivity index (χ0n) is 10.7. The van der Waals surface area contributed by atoms with Crippen molar-refractivity contribution in [2.45, 2.75) is 0 Å². The maximum atomic E-state index is 13.0. The van der Waals surface area contributed by atoms with E-state index in [1.54, 1.807) is 30.6 Å². The van der Waals surface area contributed by atoms with Gasteiger partial charge in [-0.15, -0.1) is 0 Å². The van der Waals surface area contributed by atoms with E-state index in [-0.39, 0.29) is 5.91 Å². The number of aromatic nitrogens is 2. The lowest BCUT2D eigenvalue weighted by Gasteiger charge is -2.07. The first-order valence-electron chi connectivity index (χ1n) is 6.11. The van der Waals surface area contributed by atoms with Gasteiger partial charge in [0.05, 0.1) is 16.6 Å². The molecule has 3 rings (SSSR count). The van der Waals surface area contributed by atoms with E-state index in [0.717, 1.165) is 5.52 Å². The van der Waals surface area contributed by atoms with E-state index in [9.17, 15) is 9.18 Å². The Kier molecular flexibility index (Phi) is 3.62. The van der Waals surface area contributed by atoms with Gasteiger partial charge in [-0.25, -0.2) is 4.39 Å². The lowest BCUT2D eigenvalue weighted by molar-refractivity contribution is 0.102. The molecule has 4 nitrogen and oxygen atoms in total. The standard InChI is InChI=1S/C15H9BrFN3O/c16-12-7-9(17)1-3-11(12)15(21)20-10-2-4-13-14(8-10)19-6-5-18-13/h1-8H,(H,20,21). The van der Waals surface area contributed by atoms with Gasteiger partial charge in [0.15, 0.2) is 0 Å². The lowest BCUT2D eigenvalue weighted by Crippen LogP contribution is -2.12. The molecule has 1 heterocycles. The molecule has 0 aliphatic rings. The average molecular weight is 346 g/mol. The van der Waals surface area contributed by atoms with E-state index in [0.29, 0.717) is 21.2 Å². The van der Waals surface area contributed by atoms with Crippen molar-refractivity contribution >= 4 is 38.6 Å². The molecule has 0 spiro atoms. The van der Waals surface area contributed by atoms with Crippen molar-refractivity contribution in [3.63, 3.8) is 0 Å². The number of carbonyl (C=O) groups is 1. The Balaban J connectivity index is 1.89. The van der Waals surface area contributed by atoms with Crippen LogP contribution in [0.1, 0.15) is 10.4 Å². The van der Waals surface area contributed by atoms with Gasteiger partial charge in [-0.2, -0.15) is 0 Å². The van der Waals surface area contributed by atoms with Gasteiger partial charge in [0, 0.05) is 22.6 Å². The van der Waals surface area contributed by atoms with Crippen molar-refractivity contribution in [2.75, 3.05) is 5.32 Å². The van der Waals surface area contributed by atoms with E-state index in [4.69, 9.17) is 0 Å². The van der Waals surface area contributed by atoms with Crippen LogP contribution in [0.2, 0.25) is 0 Å². The van der Waals surface area contributed by atoms with Crippen LogP contribution in [0.25, 0.3) is 11.0 Å². The SMILES string of the molecule is O=C(Nc1ccc2nccnc2c1)c1ccc(F)cc1Br. The van der Waals surface area contributed by atoms with Crippen molar-refractivity contribution in [2.24, 2.45) is 0 Å². The Morgan fingerprint density at radius 3 is 2.57 bits per heavy atom. The predicted molar refractivity (Wildman–Crippen MR) is 81.6 cm³/mol. The first-order valence-corrected chi connectivity index (χ1v) is 6.90.